The lowest BCUT2D eigenvalue weighted by Gasteiger charge is -2.12. The van der Waals surface area contributed by atoms with Gasteiger partial charge in [0.1, 0.15) is 11.6 Å². The van der Waals surface area contributed by atoms with E-state index in [-0.39, 0.29) is 28.4 Å². The summed E-state index contributed by atoms with van der Waals surface area (Å²) in [4.78, 5) is 20.5. The topological polar surface area (TPSA) is 69.0 Å². The zero-order valence-corrected chi connectivity index (χ0v) is 17.5. The van der Waals surface area contributed by atoms with E-state index in [1.165, 1.54) is 37.6 Å². The van der Waals surface area contributed by atoms with E-state index in [1.54, 1.807) is 18.2 Å². The van der Waals surface area contributed by atoms with E-state index in [9.17, 15) is 18.0 Å². The minimum Gasteiger partial charge on any atom is -0.497 e. The number of amides is 1. The van der Waals surface area contributed by atoms with Gasteiger partial charge in [-0.15, -0.1) is 0 Å². The molecule has 4 aromatic rings. The Balaban J connectivity index is 1.70. The number of imidazole rings is 1. The molecule has 32 heavy (non-hydrogen) atoms. The highest BCUT2D eigenvalue weighted by Gasteiger charge is 2.38. The zero-order valence-electron chi connectivity index (χ0n) is 17.5. The van der Waals surface area contributed by atoms with Crippen molar-refractivity contribution in [2.75, 3.05) is 12.4 Å². The number of halogens is 3. The monoisotopic (exact) mass is 440 g/mol. The first-order chi connectivity index (χ1) is 15.2. The SMILES string of the molecule is COc1ccc2c(c1)nc(C(F)(F)F)n2-c1ccc(NC(=O)c2cccc(C)c2C)nc1. The molecule has 2 aromatic heterocycles. The van der Waals surface area contributed by atoms with Crippen molar-refractivity contribution in [3.05, 3.63) is 77.2 Å². The van der Waals surface area contributed by atoms with Crippen molar-refractivity contribution in [2.45, 2.75) is 20.0 Å². The van der Waals surface area contributed by atoms with Gasteiger partial charge in [-0.1, -0.05) is 12.1 Å². The second-order valence-electron chi connectivity index (χ2n) is 7.23. The maximum atomic E-state index is 13.7. The first kappa shape index (κ1) is 21.4. The predicted molar refractivity (Wildman–Crippen MR) is 114 cm³/mol. The molecule has 9 heteroatoms. The van der Waals surface area contributed by atoms with Crippen LogP contribution >= 0.6 is 0 Å². The third kappa shape index (κ3) is 3.89. The molecule has 4 rings (SSSR count). The van der Waals surface area contributed by atoms with Crippen molar-refractivity contribution in [3.63, 3.8) is 0 Å². The molecule has 1 N–H and O–H groups in total. The molecule has 2 heterocycles. The number of hydrogen-bond donors (Lipinski definition) is 1. The molecular weight excluding hydrogens is 421 g/mol. The zero-order chi connectivity index (χ0) is 23.0. The van der Waals surface area contributed by atoms with Gasteiger partial charge < -0.3 is 10.1 Å². The van der Waals surface area contributed by atoms with Crippen molar-refractivity contribution >= 4 is 22.8 Å². The summed E-state index contributed by atoms with van der Waals surface area (Å²) in [7, 11) is 1.43. The Kier molecular flexibility index (Phi) is 5.33. The lowest BCUT2D eigenvalue weighted by atomic mass is 10.0. The molecule has 0 aliphatic rings. The fourth-order valence-corrected chi connectivity index (χ4v) is 3.41. The molecule has 0 saturated carbocycles. The van der Waals surface area contributed by atoms with Crippen LogP contribution in [0.4, 0.5) is 19.0 Å². The van der Waals surface area contributed by atoms with Crippen molar-refractivity contribution in [2.24, 2.45) is 0 Å². The number of ether oxygens (including phenoxy) is 1. The van der Waals surface area contributed by atoms with Gasteiger partial charge in [0.15, 0.2) is 0 Å². The molecule has 0 aliphatic heterocycles. The number of benzene rings is 2. The highest BCUT2D eigenvalue weighted by Crippen LogP contribution is 2.34. The van der Waals surface area contributed by atoms with Gasteiger partial charge in [0.2, 0.25) is 5.82 Å². The summed E-state index contributed by atoms with van der Waals surface area (Å²) in [6.45, 7) is 3.75. The Morgan fingerprint density at radius 3 is 2.53 bits per heavy atom. The highest BCUT2D eigenvalue weighted by molar-refractivity contribution is 6.05. The number of nitrogens with zero attached hydrogens (tertiary/aromatic N) is 3. The van der Waals surface area contributed by atoms with Crippen LogP contribution in [0.5, 0.6) is 5.75 Å². The van der Waals surface area contributed by atoms with Gasteiger partial charge >= 0.3 is 6.18 Å². The standard InChI is InChI=1S/C23H19F3N4O2/c1-13-5-4-6-17(14(13)2)21(31)29-20-10-7-15(12-27-20)30-19-9-8-16(32-3)11-18(19)28-22(30)23(24,25)26/h4-12H,1-3H3,(H,27,29,31). The van der Waals surface area contributed by atoms with Gasteiger partial charge in [0, 0.05) is 11.6 Å². The summed E-state index contributed by atoms with van der Waals surface area (Å²) in [5.74, 6) is -0.796. The number of carbonyl (C=O) groups is 1. The van der Waals surface area contributed by atoms with Gasteiger partial charge in [0.05, 0.1) is 30.0 Å². The average molecular weight is 440 g/mol. The number of hydrogen-bond acceptors (Lipinski definition) is 4. The number of carbonyl (C=O) groups excluding carboxylic acids is 1. The third-order valence-electron chi connectivity index (χ3n) is 5.21. The number of nitrogens with one attached hydrogen (secondary N) is 1. The lowest BCUT2D eigenvalue weighted by molar-refractivity contribution is -0.145. The summed E-state index contributed by atoms with van der Waals surface area (Å²) in [6.07, 6.45) is -3.42. The molecule has 0 spiro atoms. The Bertz CT molecular complexity index is 1310. The van der Waals surface area contributed by atoms with Gasteiger partial charge in [-0.3, -0.25) is 9.36 Å². The summed E-state index contributed by atoms with van der Waals surface area (Å²) >= 11 is 0. The molecule has 1 amide bonds. The summed E-state index contributed by atoms with van der Waals surface area (Å²) in [5.41, 5.74) is 2.89. The summed E-state index contributed by atoms with van der Waals surface area (Å²) < 4.78 is 47.1. The minimum atomic E-state index is -4.68. The minimum absolute atomic E-state index is 0.143. The van der Waals surface area contributed by atoms with Crippen molar-refractivity contribution in [1.82, 2.24) is 14.5 Å². The molecular formula is C23H19F3N4O2. The van der Waals surface area contributed by atoms with E-state index >= 15 is 0 Å². The second-order valence-corrected chi connectivity index (χ2v) is 7.23. The smallest absolute Gasteiger partial charge is 0.450 e. The van der Waals surface area contributed by atoms with Crippen LogP contribution in [-0.4, -0.2) is 27.6 Å². The highest BCUT2D eigenvalue weighted by atomic mass is 19.4. The number of rotatable bonds is 4. The number of methoxy groups -OCH3 is 1. The summed E-state index contributed by atoms with van der Waals surface area (Å²) in [5, 5.41) is 2.68. The van der Waals surface area contributed by atoms with Crippen LogP contribution in [-0.2, 0) is 6.18 Å². The fourth-order valence-electron chi connectivity index (χ4n) is 3.41. The van der Waals surface area contributed by atoms with Crippen LogP contribution < -0.4 is 10.1 Å². The van der Waals surface area contributed by atoms with Gasteiger partial charge in [-0.25, -0.2) is 9.97 Å². The van der Waals surface area contributed by atoms with E-state index in [4.69, 9.17) is 4.74 Å². The maximum Gasteiger partial charge on any atom is 0.450 e. The molecule has 0 fully saturated rings. The number of aryl methyl sites for hydroxylation is 1. The maximum absolute atomic E-state index is 13.7. The van der Waals surface area contributed by atoms with E-state index < -0.39 is 12.0 Å². The Morgan fingerprint density at radius 1 is 1.09 bits per heavy atom. The van der Waals surface area contributed by atoms with Crippen LogP contribution in [0, 0.1) is 13.8 Å². The molecule has 0 bridgehead atoms. The molecule has 6 nitrogen and oxygen atoms in total. The van der Waals surface area contributed by atoms with E-state index in [2.05, 4.69) is 15.3 Å². The van der Waals surface area contributed by atoms with Crippen molar-refractivity contribution in [1.29, 1.82) is 0 Å². The molecule has 2 aromatic carbocycles. The van der Waals surface area contributed by atoms with Crippen LogP contribution in [0.2, 0.25) is 0 Å². The predicted octanol–water partition coefficient (Wildman–Crippen LogP) is 5.32. The lowest BCUT2D eigenvalue weighted by Crippen LogP contribution is -2.16. The van der Waals surface area contributed by atoms with Crippen molar-refractivity contribution < 1.29 is 22.7 Å². The van der Waals surface area contributed by atoms with E-state index in [1.807, 2.05) is 19.9 Å². The Labute approximate surface area is 181 Å². The molecule has 0 aliphatic carbocycles. The average Bonchev–Trinajstić information content (AvgIpc) is 3.15. The molecule has 0 saturated heterocycles. The van der Waals surface area contributed by atoms with Crippen LogP contribution in [0.3, 0.4) is 0 Å². The fraction of sp³-hybridized carbons (Fsp3) is 0.174. The number of fused-ring (bicyclic) bond motifs is 1. The molecule has 164 valence electrons. The first-order valence-electron chi connectivity index (χ1n) is 9.66. The number of alkyl halides is 3. The third-order valence-corrected chi connectivity index (χ3v) is 5.21. The quantitative estimate of drug-likeness (QED) is 0.467. The largest absolute Gasteiger partial charge is 0.497 e. The second kappa shape index (κ2) is 7.99. The molecule has 0 unspecified atom stereocenters. The van der Waals surface area contributed by atoms with E-state index in [0.29, 0.717) is 11.3 Å². The molecule has 0 radical (unpaired) electrons. The van der Waals surface area contributed by atoms with Crippen LogP contribution in [0.25, 0.3) is 16.7 Å². The van der Waals surface area contributed by atoms with Crippen molar-refractivity contribution in [3.8, 4) is 11.4 Å². The number of anilines is 1. The Hall–Kier alpha value is -3.88. The summed E-state index contributed by atoms with van der Waals surface area (Å²) in [6, 6.07) is 12.8. The normalized spacial score (nSPS) is 11.6. The Morgan fingerprint density at radius 2 is 1.88 bits per heavy atom. The van der Waals surface area contributed by atoms with Crippen LogP contribution in [0.1, 0.15) is 27.3 Å². The van der Waals surface area contributed by atoms with Gasteiger partial charge in [0.25, 0.3) is 5.91 Å². The number of aromatic nitrogens is 3. The van der Waals surface area contributed by atoms with E-state index in [0.717, 1.165) is 15.7 Å². The molecule has 0 atom stereocenters. The van der Waals surface area contributed by atoms with Gasteiger partial charge in [-0.05, 0) is 55.3 Å². The van der Waals surface area contributed by atoms with Gasteiger partial charge in [-0.2, -0.15) is 13.2 Å². The first-order valence-corrected chi connectivity index (χ1v) is 9.66. The van der Waals surface area contributed by atoms with Crippen LogP contribution in [0.15, 0.2) is 54.7 Å². The number of pyridine rings is 1.